The Bertz CT molecular complexity index is 3550. The van der Waals surface area contributed by atoms with E-state index in [2.05, 4.69) is 129 Å². The summed E-state index contributed by atoms with van der Waals surface area (Å²) in [4.78, 5) is 23.3. The Kier molecular flexibility index (Phi) is 13.1. The Labute approximate surface area is 442 Å². The van der Waals surface area contributed by atoms with Crippen LogP contribution in [0.5, 0.6) is 23.3 Å². The number of halogens is 1. The molecule has 0 aliphatic carbocycles. The zero-order chi connectivity index (χ0) is 50.8. The monoisotopic (exact) mass is 1010 g/mol. The maximum atomic E-state index is 6.99. The zero-order valence-corrected chi connectivity index (χ0v) is 42.9. The van der Waals surface area contributed by atoms with Crippen LogP contribution in [0.1, 0.15) is 71.9 Å². The number of ether oxygens (including phenoxy) is 4. The second-order valence-electron chi connectivity index (χ2n) is 19.4. The molecule has 2 aromatic heterocycles. The average Bonchev–Trinajstić information content (AvgIpc) is 3.52. The Morgan fingerprint density at radius 1 is 0.440 bits per heavy atom. The molecule has 7 aromatic carbocycles. The third-order valence-electron chi connectivity index (χ3n) is 15.0. The summed E-state index contributed by atoms with van der Waals surface area (Å²) in [6.45, 7) is 4.48. The lowest BCUT2D eigenvalue weighted by molar-refractivity contribution is 0.161. The first-order chi connectivity index (χ1) is 36.9. The molecule has 4 aliphatic rings. The van der Waals surface area contributed by atoms with E-state index in [-0.39, 0.29) is 5.28 Å². The fraction of sp³-hybridized carbons (Fsp3) is 0.219. The SMILES string of the molecule is COc1nc(-c2ccccc2)nc2ccc3c(c12)C=CC(c1ccccc1)(c1ccc(N2CCCCC2)cc1)O3.COc1nc(Cl)nc2ccc3c(c12)C=CC(c1ccccc1)(c1ccc(N2CCCCC2)cc1)O3. The molecule has 6 heterocycles. The average molecular weight is 1010 g/mol. The third-order valence-corrected chi connectivity index (χ3v) is 15.2. The Morgan fingerprint density at radius 3 is 1.31 bits per heavy atom. The van der Waals surface area contributed by atoms with Crippen molar-refractivity contribution in [3.8, 4) is 34.6 Å². The Hall–Kier alpha value is -8.21. The molecule has 0 N–H and O–H groups in total. The van der Waals surface area contributed by atoms with Crippen LogP contribution in [0.25, 0.3) is 45.3 Å². The molecule has 0 amide bonds. The predicted molar refractivity (Wildman–Crippen MR) is 301 cm³/mol. The summed E-state index contributed by atoms with van der Waals surface area (Å²) in [6.07, 6.45) is 16.2. The maximum absolute atomic E-state index is 6.99. The molecule has 0 radical (unpaired) electrons. The van der Waals surface area contributed by atoms with Crippen LogP contribution in [-0.4, -0.2) is 60.3 Å². The van der Waals surface area contributed by atoms with Crippen LogP contribution >= 0.6 is 11.6 Å². The summed E-state index contributed by atoms with van der Waals surface area (Å²) in [5.41, 5.74) is 9.59. The van der Waals surface area contributed by atoms with E-state index in [1.165, 1.54) is 49.9 Å². The standard InChI is InChI=1S/C35H31N3O2.C29H26ClN3O2/c1-39-34-32-29-21-22-35(26-13-7-3-8-14-26,27-15-17-28(18-16-27)38-23-9-4-10-24-38)40-31(29)20-19-30(32)36-33(37-34)25-11-5-2-6-12-25;1-34-27-26-23-16-17-29(20-8-4-2-5-9-20,35-25(23)15-14-24(26)31-28(30)32-27)21-10-12-22(13-11-21)33-18-6-3-7-19-33/h2-3,5-8,11-22H,4,9-10,23-24H2,1H3;2,4-5,8-17H,3,6-7,18-19H2,1H3. The third kappa shape index (κ3) is 9.07. The zero-order valence-electron chi connectivity index (χ0n) is 42.2. The number of piperidine rings is 2. The van der Waals surface area contributed by atoms with Crippen molar-refractivity contribution in [2.45, 2.75) is 49.7 Å². The molecule has 0 spiro atoms. The molecule has 0 saturated carbocycles. The van der Waals surface area contributed by atoms with Crippen LogP contribution < -0.4 is 28.7 Å². The van der Waals surface area contributed by atoms with Crippen molar-refractivity contribution in [2.75, 3.05) is 50.2 Å². The van der Waals surface area contributed by atoms with Crippen molar-refractivity contribution >= 4 is 56.9 Å². The van der Waals surface area contributed by atoms with Gasteiger partial charge in [0.15, 0.2) is 17.0 Å². The van der Waals surface area contributed by atoms with Gasteiger partial charge in [-0.1, -0.05) is 115 Å². The van der Waals surface area contributed by atoms with Crippen molar-refractivity contribution in [2.24, 2.45) is 0 Å². The van der Waals surface area contributed by atoms with E-state index in [9.17, 15) is 0 Å². The van der Waals surface area contributed by atoms with Gasteiger partial charge in [0, 0.05) is 76.5 Å². The molecule has 4 aliphatic heterocycles. The highest BCUT2D eigenvalue weighted by Gasteiger charge is 2.40. The lowest BCUT2D eigenvalue weighted by Gasteiger charge is -2.37. The van der Waals surface area contributed by atoms with E-state index in [1.807, 2.05) is 78.9 Å². The highest BCUT2D eigenvalue weighted by molar-refractivity contribution is 6.28. The van der Waals surface area contributed by atoms with Gasteiger partial charge in [0.1, 0.15) is 11.5 Å². The largest absolute Gasteiger partial charge is 0.480 e. The molecular weight excluding hydrogens is 952 g/mol. The molecule has 2 atom stereocenters. The van der Waals surface area contributed by atoms with Crippen molar-refractivity contribution in [3.63, 3.8) is 0 Å². The van der Waals surface area contributed by atoms with Gasteiger partial charge >= 0.3 is 0 Å². The van der Waals surface area contributed by atoms with E-state index in [1.54, 1.807) is 14.2 Å². The lowest BCUT2D eigenvalue weighted by atomic mass is 9.83. The normalized spacial score (nSPS) is 18.8. The Balaban J connectivity index is 0.000000153. The summed E-state index contributed by atoms with van der Waals surface area (Å²) >= 11 is 6.11. The Morgan fingerprint density at radius 2 is 0.853 bits per heavy atom. The minimum atomic E-state index is -0.763. The topological polar surface area (TPSA) is 95.0 Å². The van der Waals surface area contributed by atoms with Gasteiger partial charge in [-0.2, -0.15) is 9.97 Å². The predicted octanol–water partition coefficient (Wildman–Crippen LogP) is 14.3. The number of anilines is 2. The van der Waals surface area contributed by atoms with Crippen LogP contribution in [0.3, 0.4) is 0 Å². The number of hydrogen-bond acceptors (Lipinski definition) is 10. The van der Waals surface area contributed by atoms with Gasteiger partial charge in [0.2, 0.25) is 17.0 Å². The number of fused-ring (bicyclic) bond motifs is 6. The van der Waals surface area contributed by atoms with E-state index in [0.29, 0.717) is 23.1 Å². The first-order valence-electron chi connectivity index (χ1n) is 26.0. The second kappa shape index (κ2) is 20.6. The highest BCUT2D eigenvalue weighted by Crippen LogP contribution is 2.48. The maximum Gasteiger partial charge on any atom is 0.226 e. The molecule has 2 unspecified atom stereocenters. The van der Waals surface area contributed by atoms with E-state index in [4.69, 9.17) is 40.5 Å². The molecule has 75 heavy (non-hydrogen) atoms. The summed E-state index contributed by atoms with van der Waals surface area (Å²) in [5, 5.41) is 1.79. The van der Waals surface area contributed by atoms with Gasteiger partial charge in [-0.25, -0.2) is 9.97 Å². The minimum absolute atomic E-state index is 0.155. The van der Waals surface area contributed by atoms with Crippen molar-refractivity contribution in [3.05, 3.63) is 215 Å². The smallest absolute Gasteiger partial charge is 0.226 e. The lowest BCUT2D eigenvalue weighted by Crippen LogP contribution is -2.34. The van der Waals surface area contributed by atoms with Gasteiger partial charge in [0.05, 0.1) is 36.0 Å². The first-order valence-corrected chi connectivity index (χ1v) is 26.4. The van der Waals surface area contributed by atoms with E-state index in [0.717, 1.165) is 92.9 Å². The van der Waals surface area contributed by atoms with Crippen molar-refractivity contribution < 1.29 is 18.9 Å². The van der Waals surface area contributed by atoms with Gasteiger partial charge in [0.25, 0.3) is 0 Å². The molecule has 13 rings (SSSR count). The molecule has 374 valence electrons. The van der Waals surface area contributed by atoms with Crippen LogP contribution in [0.2, 0.25) is 5.28 Å². The van der Waals surface area contributed by atoms with Crippen LogP contribution in [-0.2, 0) is 11.2 Å². The molecule has 2 saturated heterocycles. The second-order valence-corrected chi connectivity index (χ2v) is 19.8. The summed E-state index contributed by atoms with van der Waals surface area (Å²) in [5.74, 6) is 3.12. The van der Waals surface area contributed by atoms with Gasteiger partial charge in [-0.05, 0) is 123 Å². The quantitative estimate of drug-likeness (QED) is 0.130. The molecule has 9 aromatic rings. The van der Waals surface area contributed by atoms with Gasteiger partial charge < -0.3 is 28.7 Å². The van der Waals surface area contributed by atoms with Gasteiger partial charge in [-0.3, -0.25) is 0 Å². The number of hydrogen-bond donors (Lipinski definition) is 0. The van der Waals surface area contributed by atoms with Crippen LogP contribution in [0, 0.1) is 0 Å². The number of aromatic nitrogens is 4. The number of methoxy groups -OCH3 is 2. The van der Waals surface area contributed by atoms with E-state index < -0.39 is 11.2 Å². The van der Waals surface area contributed by atoms with Crippen LogP contribution in [0.4, 0.5) is 11.4 Å². The molecule has 2 fully saturated rings. The molecule has 10 nitrogen and oxygen atoms in total. The number of benzene rings is 7. The number of nitrogens with zero attached hydrogens (tertiary/aromatic N) is 6. The highest BCUT2D eigenvalue weighted by atomic mass is 35.5. The molecule has 11 heteroatoms. The molecule has 0 bridgehead atoms. The first kappa shape index (κ1) is 47.8. The fourth-order valence-electron chi connectivity index (χ4n) is 11.2. The fourth-order valence-corrected chi connectivity index (χ4v) is 11.3. The van der Waals surface area contributed by atoms with Gasteiger partial charge in [-0.15, -0.1) is 0 Å². The molecular formula is C64H57ClN6O4. The summed E-state index contributed by atoms with van der Waals surface area (Å²) < 4.78 is 25.2. The summed E-state index contributed by atoms with van der Waals surface area (Å²) in [7, 11) is 3.24. The summed E-state index contributed by atoms with van der Waals surface area (Å²) in [6, 6.07) is 56.3. The van der Waals surface area contributed by atoms with Crippen LogP contribution in [0.15, 0.2) is 176 Å². The van der Waals surface area contributed by atoms with E-state index >= 15 is 0 Å². The minimum Gasteiger partial charge on any atom is -0.480 e. The number of rotatable bonds is 9. The van der Waals surface area contributed by atoms with Crippen molar-refractivity contribution in [1.29, 1.82) is 0 Å². The van der Waals surface area contributed by atoms with Crippen molar-refractivity contribution in [1.82, 2.24) is 19.9 Å².